The van der Waals surface area contributed by atoms with E-state index in [1.54, 1.807) is 0 Å². The van der Waals surface area contributed by atoms with Gasteiger partial charge in [-0.15, -0.1) is 0 Å². The van der Waals surface area contributed by atoms with Crippen molar-refractivity contribution in [2.75, 3.05) is 33.7 Å². The van der Waals surface area contributed by atoms with Crippen LogP contribution in [0.15, 0.2) is 264 Å². The number of nitrogens with zero attached hydrogens (tertiary/aromatic N) is 6. The monoisotopic (exact) mass is 1000 g/mol. The van der Waals surface area contributed by atoms with Crippen molar-refractivity contribution in [3.05, 3.63) is 255 Å². The summed E-state index contributed by atoms with van der Waals surface area (Å²) in [4.78, 5) is 19.1. The van der Waals surface area contributed by atoms with Crippen LogP contribution in [0.25, 0.3) is 89.6 Å². The van der Waals surface area contributed by atoms with Crippen LogP contribution in [0.1, 0.15) is 0 Å². The van der Waals surface area contributed by atoms with E-state index in [0.717, 1.165) is 135 Å². The molecule has 0 saturated heterocycles. The molecule has 4 heterocycles. The van der Waals surface area contributed by atoms with Crippen molar-refractivity contribution in [3.8, 4) is 67.4 Å². The van der Waals surface area contributed by atoms with Crippen LogP contribution in [-0.4, -0.2) is 24.1 Å². The number of benzene rings is 11. The lowest BCUT2D eigenvalue weighted by Gasteiger charge is -2.38. The molecular formula is C70H48N6O2. The van der Waals surface area contributed by atoms with Gasteiger partial charge in [-0.2, -0.15) is 0 Å². The zero-order valence-corrected chi connectivity index (χ0v) is 42.7. The average Bonchev–Trinajstić information content (AvgIpc) is 4.29. The Labute approximate surface area is 451 Å². The lowest BCUT2D eigenvalue weighted by Crippen LogP contribution is -2.23. The molecule has 78 heavy (non-hydrogen) atoms. The van der Waals surface area contributed by atoms with E-state index in [0.29, 0.717) is 11.8 Å². The predicted octanol–water partition coefficient (Wildman–Crippen LogP) is 19.1. The fraction of sp³-hybridized carbons (Fsp3) is 0.0286. The Kier molecular flexibility index (Phi) is 10.5. The van der Waals surface area contributed by atoms with E-state index >= 15 is 0 Å². The molecule has 2 aromatic heterocycles. The SMILES string of the molecule is CN1c2ccccc2N(c2cccc(-c3cc(-c4cccc(N5c6ccccc6N(C)c6ccccc65)c4)c(-c4ccc(-c5nc6ccccc6o5)cc4)cc3-c3ccc(-c4nc5ccccc5o4)cc3)c2)c2ccccc21. The molecule has 0 amide bonds. The second kappa shape index (κ2) is 18.1. The van der Waals surface area contributed by atoms with Crippen molar-refractivity contribution in [2.45, 2.75) is 0 Å². The molecule has 11 aromatic carbocycles. The van der Waals surface area contributed by atoms with Gasteiger partial charge in [0.15, 0.2) is 11.2 Å². The standard InChI is InChI=1S/C70H48N6O2/c1-73-59-23-5-9-27-63(59)75(64-28-10-6-24-60(64)73)51-19-15-17-49(41-51)55-44-56(50-18-16-20-52(42-50)76-65-29-11-7-25-61(65)74(2)62-26-8-12-30-66(62)76)54(46-35-39-48(40-36-46)70-72-58-22-4-14-32-68(58)78-70)43-53(55)45-33-37-47(38-34-45)69-71-57-21-3-13-31-67(57)77-69/h3-44H,1-2H3. The fourth-order valence-corrected chi connectivity index (χ4v) is 11.6. The summed E-state index contributed by atoms with van der Waals surface area (Å²) in [5.74, 6) is 1.17. The molecule has 0 bridgehead atoms. The van der Waals surface area contributed by atoms with Crippen LogP contribution >= 0.6 is 0 Å². The van der Waals surface area contributed by atoms with E-state index in [1.165, 1.54) is 0 Å². The number of hydrogen-bond donors (Lipinski definition) is 0. The summed E-state index contributed by atoms with van der Waals surface area (Å²) in [5.41, 5.74) is 24.8. The Morgan fingerprint density at radius 2 is 0.577 bits per heavy atom. The van der Waals surface area contributed by atoms with Gasteiger partial charge in [0.2, 0.25) is 11.8 Å². The van der Waals surface area contributed by atoms with Crippen LogP contribution in [0.3, 0.4) is 0 Å². The summed E-state index contributed by atoms with van der Waals surface area (Å²) in [6, 6.07) is 90.5. The third-order valence-corrected chi connectivity index (χ3v) is 15.4. The van der Waals surface area contributed by atoms with Crippen molar-refractivity contribution >= 4 is 79.1 Å². The minimum absolute atomic E-state index is 0.587. The molecule has 0 aliphatic carbocycles. The molecule has 8 heteroatoms. The smallest absolute Gasteiger partial charge is 0.227 e. The number of hydrogen-bond acceptors (Lipinski definition) is 8. The highest BCUT2D eigenvalue weighted by Gasteiger charge is 2.30. The van der Waals surface area contributed by atoms with Gasteiger partial charge in [0.1, 0.15) is 11.0 Å². The van der Waals surface area contributed by atoms with Gasteiger partial charge in [0, 0.05) is 36.6 Å². The van der Waals surface area contributed by atoms with Crippen molar-refractivity contribution in [1.29, 1.82) is 0 Å². The van der Waals surface area contributed by atoms with E-state index in [-0.39, 0.29) is 0 Å². The minimum Gasteiger partial charge on any atom is -0.436 e. The maximum absolute atomic E-state index is 6.28. The van der Waals surface area contributed by atoms with Gasteiger partial charge < -0.3 is 28.4 Å². The van der Waals surface area contributed by atoms with Crippen molar-refractivity contribution in [3.63, 3.8) is 0 Å². The number of fused-ring (bicyclic) bond motifs is 6. The summed E-state index contributed by atoms with van der Waals surface area (Å²) in [7, 11) is 4.30. The largest absolute Gasteiger partial charge is 0.436 e. The van der Waals surface area contributed by atoms with Crippen LogP contribution in [-0.2, 0) is 0 Å². The summed E-state index contributed by atoms with van der Waals surface area (Å²) in [6.07, 6.45) is 0. The highest BCUT2D eigenvalue weighted by Crippen LogP contribution is 2.54. The Bertz CT molecular complexity index is 4020. The highest BCUT2D eigenvalue weighted by atomic mass is 16.4. The van der Waals surface area contributed by atoms with Gasteiger partial charge in [-0.05, 0) is 178 Å². The van der Waals surface area contributed by atoms with Crippen molar-refractivity contribution in [1.82, 2.24) is 9.97 Å². The number of rotatable bonds is 8. The first-order valence-electron chi connectivity index (χ1n) is 26.2. The van der Waals surface area contributed by atoms with E-state index in [2.05, 4.69) is 240 Å². The van der Waals surface area contributed by atoms with Crippen molar-refractivity contribution in [2.24, 2.45) is 0 Å². The second-order valence-corrected chi connectivity index (χ2v) is 19.9. The number of aromatic nitrogens is 2. The maximum atomic E-state index is 6.28. The molecular weight excluding hydrogens is 957 g/mol. The molecule has 2 aliphatic heterocycles. The predicted molar refractivity (Wildman–Crippen MR) is 320 cm³/mol. The highest BCUT2D eigenvalue weighted by molar-refractivity contribution is 6.02. The Morgan fingerprint density at radius 3 is 0.936 bits per heavy atom. The van der Waals surface area contributed by atoms with E-state index < -0.39 is 0 Å². The summed E-state index contributed by atoms with van der Waals surface area (Å²) >= 11 is 0. The molecule has 2 aliphatic rings. The Morgan fingerprint density at radius 1 is 0.269 bits per heavy atom. The van der Waals surface area contributed by atoms with Crippen molar-refractivity contribution < 1.29 is 8.83 Å². The van der Waals surface area contributed by atoms with Gasteiger partial charge >= 0.3 is 0 Å². The number of anilines is 10. The van der Waals surface area contributed by atoms with Gasteiger partial charge in [-0.25, -0.2) is 9.97 Å². The van der Waals surface area contributed by atoms with Crippen LogP contribution in [0, 0.1) is 0 Å². The van der Waals surface area contributed by atoms with Gasteiger partial charge in [0.05, 0.1) is 45.5 Å². The molecule has 0 atom stereocenters. The average molecular weight is 1010 g/mol. The van der Waals surface area contributed by atoms with E-state index in [1.807, 2.05) is 48.5 Å². The Hall–Kier alpha value is -10.4. The molecule has 0 spiro atoms. The third kappa shape index (κ3) is 7.45. The van der Waals surface area contributed by atoms with Crippen LogP contribution in [0.2, 0.25) is 0 Å². The third-order valence-electron chi connectivity index (χ3n) is 15.4. The molecule has 0 unspecified atom stereocenters. The van der Waals surface area contributed by atoms with Gasteiger partial charge in [-0.1, -0.05) is 121 Å². The molecule has 0 fully saturated rings. The number of oxazole rings is 2. The van der Waals surface area contributed by atoms with Crippen LogP contribution in [0.5, 0.6) is 0 Å². The zero-order valence-electron chi connectivity index (χ0n) is 42.7. The lowest BCUT2D eigenvalue weighted by atomic mass is 9.85. The number of para-hydroxylation sites is 12. The maximum Gasteiger partial charge on any atom is 0.227 e. The summed E-state index contributed by atoms with van der Waals surface area (Å²) in [6.45, 7) is 0. The normalized spacial score (nSPS) is 12.6. The molecule has 15 rings (SSSR count). The molecule has 8 nitrogen and oxygen atoms in total. The minimum atomic E-state index is 0.587. The first-order chi connectivity index (χ1) is 38.5. The molecule has 0 N–H and O–H groups in total. The lowest BCUT2D eigenvalue weighted by molar-refractivity contribution is 0.619. The molecule has 0 saturated carbocycles. The molecule has 370 valence electrons. The fourth-order valence-electron chi connectivity index (χ4n) is 11.6. The molecule has 13 aromatic rings. The topological polar surface area (TPSA) is 65.0 Å². The quantitative estimate of drug-likeness (QED) is 0.149. The van der Waals surface area contributed by atoms with Crippen LogP contribution < -0.4 is 19.6 Å². The Balaban J connectivity index is 0.948. The first kappa shape index (κ1) is 45.0. The molecule has 0 radical (unpaired) electrons. The van der Waals surface area contributed by atoms with E-state index in [9.17, 15) is 0 Å². The second-order valence-electron chi connectivity index (χ2n) is 19.9. The van der Waals surface area contributed by atoms with Gasteiger partial charge in [-0.3, -0.25) is 0 Å². The van der Waals surface area contributed by atoms with Crippen LogP contribution in [0.4, 0.5) is 56.9 Å². The zero-order chi connectivity index (χ0) is 51.8. The first-order valence-corrected chi connectivity index (χ1v) is 26.2. The summed E-state index contributed by atoms with van der Waals surface area (Å²) in [5, 5.41) is 0. The summed E-state index contributed by atoms with van der Waals surface area (Å²) < 4.78 is 12.6. The van der Waals surface area contributed by atoms with E-state index in [4.69, 9.17) is 18.8 Å². The van der Waals surface area contributed by atoms with Gasteiger partial charge in [0.25, 0.3) is 0 Å².